The highest BCUT2D eigenvalue weighted by Crippen LogP contribution is 2.22. The van der Waals surface area contributed by atoms with Gasteiger partial charge in [0.05, 0.1) is 6.26 Å². The van der Waals surface area contributed by atoms with Crippen LogP contribution in [0.25, 0.3) is 0 Å². The van der Waals surface area contributed by atoms with E-state index in [-0.39, 0.29) is 6.04 Å². The van der Waals surface area contributed by atoms with Crippen LogP contribution in [0.5, 0.6) is 0 Å². The maximum absolute atomic E-state index is 13.6. The van der Waals surface area contributed by atoms with Crippen LogP contribution in [-0.2, 0) is 6.42 Å². The maximum Gasteiger partial charge on any atom is 0.128 e. The maximum atomic E-state index is 13.6. The minimum atomic E-state index is -0.426. The second kappa shape index (κ2) is 5.78. The number of nitrogens with one attached hydrogen (secondary N) is 1. The number of rotatable bonds is 5. The van der Waals surface area contributed by atoms with Crippen LogP contribution in [0.4, 0.5) is 8.78 Å². The van der Waals surface area contributed by atoms with Gasteiger partial charge in [0.25, 0.3) is 0 Å². The number of hydrogen-bond donors (Lipinski definition) is 1. The van der Waals surface area contributed by atoms with Crippen molar-refractivity contribution in [2.75, 3.05) is 7.05 Å². The van der Waals surface area contributed by atoms with E-state index in [1.165, 1.54) is 6.07 Å². The highest BCUT2D eigenvalue weighted by Gasteiger charge is 2.15. The molecule has 2 aromatic rings. The Morgan fingerprint density at radius 2 is 2.11 bits per heavy atom. The van der Waals surface area contributed by atoms with E-state index < -0.39 is 11.6 Å². The summed E-state index contributed by atoms with van der Waals surface area (Å²) in [6.07, 6.45) is 2.92. The van der Waals surface area contributed by atoms with Crippen LogP contribution in [0.15, 0.2) is 41.0 Å². The lowest BCUT2D eigenvalue weighted by molar-refractivity contribution is 0.456. The molecule has 2 nitrogen and oxygen atoms in total. The zero-order valence-electron chi connectivity index (χ0n) is 10.1. The van der Waals surface area contributed by atoms with Crippen molar-refractivity contribution in [3.05, 3.63) is 59.6 Å². The highest BCUT2D eigenvalue weighted by atomic mass is 19.1. The lowest BCUT2D eigenvalue weighted by Crippen LogP contribution is -2.18. The van der Waals surface area contributed by atoms with Crippen LogP contribution in [0.2, 0.25) is 0 Å². The molecular weight excluding hydrogens is 236 g/mol. The normalized spacial score (nSPS) is 12.6. The number of benzene rings is 1. The largest absolute Gasteiger partial charge is 0.469 e. The zero-order valence-corrected chi connectivity index (χ0v) is 10.1. The third-order valence-electron chi connectivity index (χ3n) is 2.94. The molecule has 18 heavy (non-hydrogen) atoms. The molecule has 1 N–H and O–H groups in total. The quantitative estimate of drug-likeness (QED) is 0.880. The molecule has 0 bridgehead atoms. The lowest BCUT2D eigenvalue weighted by Gasteiger charge is -2.16. The average Bonchev–Trinajstić information content (AvgIpc) is 2.87. The summed E-state index contributed by atoms with van der Waals surface area (Å²) in [5.74, 6) is 0.0203. The van der Waals surface area contributed by atoms with Crippen LogP contribution in [0.1, 0.15) is 23.8 Å². The zero-order chi connectivity index (χ0) is 13.0. The minimum Gasteiger partial charge on any atom is -0.469 e. The summed E-state index contributed by atoms with van der Waals surface area (Å²) in [7, 11) is 1.73. The van der Waals surface area contributed by atoms with E-state index in [9.17, 15) is 8.78 Å². The first-order chi connectivity index (χ1) is 8.70. The van der Waals surface area contributed by atoms with E-state index in [1.54, 1.807) is 13.3 Å². The Morgan fingerprint density at radius 3 is 2.78 bits per heavy atom. The molecule has 0 saturated heterocycles. The lowest BCUT2D eigenvalue weighted by atomic mass is 10.0. The van der Waals surface area contributed by atoms with Crippen LogP contribution >= 0.6 is 0 Å². The fourth-order valence-electron chi connectivity index (χ4n) is 1.98. The summed E-state index contributed by atoms with van der Waals surface area (Å²) >= 11 is 0. The third-order valence-corrected chi connectivity index (χ3v) is 2.94. The third kappa shape index (κ3) is 2.96. The van der Waals surface area contributed by atoms with Crippen LogP contribution in [0, 0.1) is 11.6 Å². The van der Waals surface area contributed by atoms with Gasteiger partial charge in [0.1, 0.15) is 17.4 Å². The van der Waals surface area contributed by atoms with Gasteiger partial charge in [-0.05, 0) is 43.8 Å². The molecule has 0 aliphatic rings. The Hall–Kier alpha value is -1.68. The first-order valence-corrected chi connectivity index (χ1v) is 5.85. The van der Waals surface area contributed by atoms with E-state index in [0.29, 0.717) is 18.4 Å². The molecule has 0 aliphatic heterocycles. The molecule has 1 atom stereocenters. The van der Waals surface area contributed by atoms with Gasteiger partial charge in [-0.2, -0.15) is 0 Å². The Morgan fingerprint density at radius 1 is 1.28 bits per heavy atom. The van der Waals surface area contributed by atoms with Crippen molar-refractivity contribution in [1.82, 2.24) is 5.32 Å². The van der Waals surface area contributed by atoms with E-state index in [2.05, 4.69) is 5.32 Å². The van der Waals surface area contributed by atoms with Gasteiger partial charge in [-0.25, -0.2) is 8.78 Å². The van der Waals surface area contributed by atoms with E-state index in [1.807, 2.05) is 12.1 Å². The molecule has 4 heteroatoms. The number of hydrogen-bond acceptors (Lipinski definition) is 2. The van der Waals surface area contributed by atoms with Crippen molar-refractivity contribution in [3.63, 3.8) is 0 Å². The molecule has 96 valence electrons. The number of aryl methyl sites for hydroxylation is 1. The number of furan rings is 1. The Kier molecular flexibility index (Phi) is 4.10. The van der Waals surface area contributed by atoms with Crippen LogP contribution in [-0.4, -0.2) is 7.05 Å². The average molecular weight is 251 g/mol. The molecule has 1 aromatic heterocycles. The van der Waals surface area contributed by atoms with Gasteiger partial charge in [0.15, 0.2) is 0 Å². The number of halogens is 2. The summed E-state index contributed by atoms with van der Waals surface area (Å²) in [5, 5.41) is 3.00. The second-order valence-corrected chi connectivity index (χ2v) is 4.13. The van der Waals surface area contributed by atoms with E-state index in [4.69, 9.17) is 4.42 Å². The molecular formula is C14H15F2NO. The Bertz CT molecular complexity index is 497. The summed E-state index contributed by atoms with van der Waals surface area (Å²) in [6, 6.07) is 6.96. The van der Waals surface area contributed by atoms with Gasteiger partial charge in [-0.3, -0.25) is 0 Å². The molecule has 1 aromatic carbocycles. The van der Waals surface area contributed by atoms with Crippen molar-refractivity contribution in [3.8, 4) is 0 Å². The standard InChI is InChI=1S/C14H15F2NO/c1-17-14(7-5-11-3-2-8-18-11)12-9-10(15)4-6-13(12)16/h2-4,6,8-9,14,17H,5,7H2,1H3. The molecule has 1 heterocycles. The molecule has 0 amide bonds. The molecule has 0 aliphatic carbocycles. The summed E-state index contributed by atoms with van der Waals surface area (Å²) in [5.41, 5.74) is 0.351. The van der Waals surface area contributed by atoms with E-state index in [0.717, 1.165) is 17.9 Å². The topological polar surface area (TPSA) is 25.2 Å². The molecule has 0 spiro atoms. The first-order valence-electron chi connectivity index (χ1n) is 5.85. The van der Waals surface area contributed by atoms with Gasteiger partial charge in [0, 0.05) is 18.0 Å². The van der Waals surface area contributed by atoms with Crippen molar-refractivity contribution < 1.29 is 13.2 Å². The van der Waals surface area contributed by atoms with Gasteiger partial charge in [0.2, 0.25) is 0 Å². The smallest absolute Gasteiger partial charge is 0.128 e. The van der Waals surface area contributed by atoms with Gasteiger partial charge < -0.3 is 9.73 Å². The molecule has 1 unspecified atom stereocenters. The van der Waals surface area contributed by atoms with E-state index >= 15 is 0 Å². The Balaban J connectivity index is 2.10. The van der Waals surface area contributed by atoms with Crippen molar-refractivity contribution in [1.29, 1.82) is 0 Å². The summed E-state index contributed by atoms with van der Waals surface area (Å²) in [4.78, 5) is 0. The molecule has 0 fully saturated rings. The van der Waals surface area contributed by atoms with Gasteiger partial charge in [-0.15, -0.1) is 0 Å². The van der Waals surface area contributed by atoms with Crippen molar-refractivity contribution in [2.24, 2.45) is 0 Å². The summed E-state index contributed by atoms with van der Waals surface area (Å²) in [6.45, 7) is 0. The van der Waals surface area contributed by atoms with Gasteiger partial charge >= 0.3 is 0 Å². The molecule has 0 radical (unpaired) electrons. The van der Waals surface area contributed by atoms with Gasteiger partial charge in [-0.1, -0.05) is 0 Å². The molecule has 0 saturated carbocycles. The predicted molar refractivity (Wildman–Crippen MR) is 65.2 cm³/mol. The fourth-order valence-corrected chi connectivity index (χ4v) is 1.98. The van der Waals surface area contributed by atoms with Crippen molar-refractivity contribution in [2.45, 2.75) is 18.9 Å². The second-order valence-electron chi connectivity index (χ2n) is 4.13. The molecule has 2 rings (SSSR count). The predicted octanol–water partition coefficient (Wildman–Crippen LogP) is 3.45. The first kappa shape index (κ1) is 12.8. The minimum absolute atomic E-state index is 0.231. The Labute approximate surface area is 105 Å². The fraction of sp³-hybridized carbons (Fsp3) is 0.286. The summed E-state index contributed by atoms with van der Waals surface area (Å²) < 4.78 is 32.0. The SMILES string of the molecule is CNC(CCc1ccco1)c1cc(F)ccc1F. The highest BCUT2D eigenvalue weighted by molar-refractivity contribution is 5.22. The monoisotopic (exact) mass is 251 g/mol. The van der Waals surface area contributed by atoms with Crippen LogP contribution < -0.4 is 5.32 Å². The van der Waals surface area contributed by atoms with Crippen molar-refractivity contribution >= 4 is 0 Å². The van der Waals surface area contributed by atoms with Crippen LogP contribution in [0.3, 0.4) is 0 Å².